The lowest BCUT2D eigenvalue weighted by atomic mass is 9.97. The Morgan fingerprint density at radius 3 is 2.43 bits per heavy atom. The number of hydrogen-bond donors (Lipinski definition) is 3. The van der Waals surface area contributed by atoms with Gasteiger partial charge in [-0.1, -0.05) is 38.1 Å². The topological polar surface area (TPSA) is 111 Å². The number of urea groups is 1. The summed E-state index contributed by atoms with van der Waals surface area (Å²) in [6, 6.07) is 12.9. The van der Waals surface area contributed by atoms with E-state index >= 15 is 0 Å². The minimum absolute atomic E-state index is 0.200. The zero-order valence-electron chi connectivity index (χ0n) is 16.2. The number of anilines is 2. The van der Waals surface area contributed by atoms with Crippen LogP contribution < -0.4 is 16.4 Å². The van der Waals surface area contributed by atoms with Gasteiger partial charge in [-0.25, -0.2) is 9.59 Å². The molecule has 2 aromatic rings. The predicted molar refractivity (Wildman–Crippen MR) is 108 cm³/mol. The molecule has 148 valence electrons. The number of rotatable bonds is 7. The monoisotopic (exact) mass is 383 g/mol. The third-order valence-corrected chi connectivity index (χ3v) is 4.38. The Balaban J connectivity index is 2.05. The average molecular weight is 383 g/mol. The van der Waals surface area contributed by atoms with Gasteiger partial charge < -0.3 is 21.1 Å². The van der Waals surface area contributed by atoms with Gasteiger partial charge in [0, 0.05) is 11.4 Å². The van der Waals surface area contributed by atoms with E-state index in [2.05, 4.69) is 24.5 Å². The van der Waals surface area contributed by atoms with Crippen molar-refractivity contribution in [2.75, 3.05) is 10.6 Å². The van der Waals surface area contributed by atoms with Crippen LogP contribution in [0.15, 0.2) is 48.5 Å². The number of carbonyl (C=O) groups excluding carboxylic acids is 3. The first-order valence-corrected chi connectivity index (χ1v) is 9.09. The Hall–Kier alpha value is -3.35. The third-order valence-electron chi connectivity index (χ3n) is 4.38. The Bertz CT molecular complexity index is 866. The van der Waals surface area contributed by atoms with Crippen molar-refractivity contribution in [3.8, 4) is 0 Å². The Morgan fingerprint density at radius 2 is 1.75 bits per heavy atom. The van der Waals surface area contributed by atoms with Crippen LogP contribution in [0.2, 0.25) is 0 Å². The van der Waals surface area contributed by atoms with E-state index in [0.29, 0.717) is 11.4 Å². The van der Waals surface area contributed by atoms with E-state index in [0.717, 1.165) is 12.0 Å². The SMILES string of the molecule is CC[C@H](C)c1ccccc1NC(=O)[C@@H](C)OC(=O)c1cccc(NC(N)=O)c1. The second-order valence-corrected chi connectivity index (χ2v) is 6.50. The Kier molecular flexibility index (Phi) is 7.14. The summed E-state index contributed by atoms with van der Waals surface area (Å²) in [5.74, 6) is -0.809. The molecule has 4 N–H and O–H groups in total. The van der Waals surface area contributed by atoms with Gasteiger partial charge in [0.25, 0.3) is 5.91 Å². The molecule has 0 aliphatic heterocycles. The molecule has 3 amide bonds. The van der Waals surface area contributed by atoms with Crippen molar-refractivity contribution < 1.29 is 19.1 Å². The maximum atomic E-state index is 12.5. The van der Waals surface area contributed by atoms with Crippen LogP contribution >= 0.6 is 0 Å². The Morgan fingerprint density at radius 1 is 1.04 bits per heavy atom. The minimum Gasteiger partial charge on any atom is -0.449 e. The van der Waals surface area contributed by atoms with Gasteiger partial charge in [0.15, 0.2) is 6.10 Å². The number of ether oxygens (including phenoxy) is 1. The van der Waals surface area contributed by atoms with E-state index in [4.69, 9.17) is 10.5 Å². The van der Waals surface area contributed by atoms with Gasteiger partial charge in [0.05, 0.1) is 5.56 Å². The molecule has 28 heavy (non-hydrogen) atoms. The van der Waals surface area contributed by atoms with Crippen molar-refractivity contribution in [1.82, 2.24) is 0 Å². The van der Waals surface area contributed by atoms with Gasteiger partial charge in [0.2, 0.25) is 0 Å². The number of nitrogens with one attached hydrogen (secondary N) is 2. The van der Waals surface area contributed by atoms with Crippen LogP contribution in [0.3, 0.4) is 0 Å². The van der Waals surface area contributed by atoms with Gasteiger partial charge in [-0.15, -0.1) is 0 Å². The number of esters is 1. The zero-order valence-corrected chi connectivity index (χ0v) is 16.2. The van der Waals surface area contributed by atoms with Crippen molar-refractivity contribution in [3.05, 3.63) is 59.7 Å². The van der Waals surface area contributed by atoms with Crippen LogP contribution in [0, 0.1) is 0 Å². The smallest absolute Gasteiger partial charge is 0.338 e. The van der Waals surface area contributed by atoms with Crippen LogP contribution in [-0.4, -0.2) is 24.0 Å². The van der Waals surface area contributed by atoms with Gasteiger partial charge in [-0.2, -0.15) is 0 Å². The molecular weight excluding hydrogens is 358 g/mol. The first kappa shape index (κ1) is 21.0. The summed E-state index contributed by atoms with van der Waals surface area (Å²) in [7, 11) is 0. The third kappa shape index (κ3) is 5.57. The maximum absolute atomic E-state index is 12.5. The summed E-state index contributed by atoms with van der Waals surface area (Å²) in [5.41, 5.74) is 7.37. The van der Waals surface area contributed by atoms with Crippen LogP contribution in [0.25, 0.3) is 0 Å². The van der Waals surface area contributed by atoms with Crippen molar-refractivity contribution in [1.29, 1.82) is 0 Å². The number of nitrogens with two attached hydrogens (primary N) is 1. The van der Waals surface area contributed by atoms with Gasteiger partial charge in [-0.3, -0.25) is 4.79 Å². The van der Waals surface area contributed by atoms with E-state index in [1.54, 1.807) is 12.1 Å². The molecule has 7 nitrogen and oxygen atoms in total. The zero-order chi connectivity index (χ0) is 20.7. The molecule has 7 heteroatoms. The van der Waals surface area contributed by atoms with Gasteiger partial charge in [0.1, 0.15) is 0 Å². The molecule has 2 atom stereocenters. The standard InChI is InChI=1S/C21H25N3O4/c1-4-13(2)17-10-5-6-11-18(17)24-19(25)14(3)28-20(26)15-8-7-9-16(12-15)23-21(22)27/h5-14H,4H2,1-3H3,(H,24,25)(H3,22,23,27)/t13-,14+/m0/s1. The molecular formula is C21H25N3O4. The lowest BCUT2D eigenvalue weighted by Crippen LogP contribution is -2.30. The van der Waals surface area contributed by atoms with Crippen molar-refractivity contribution in [2.45, 2.75) is 39.2 Å². The van der Waals surface area contributed by atoms with Crippen LogP contribution in [0.1, 0.15) is 49.0 Å². The van der Waals surface area contributed by atoms with E-state index in [1.807, 2.05) is 24.3 Å². The number of para-hydroxylation sites is 1. The number of hydrogen-bond acceptors (Lipinski definition) is 4. The van der Waals surface area contributed by atoms with Gasteiger partial charge in [-0.05, 0) is 49.1 Å². The molecule has 0 aliphatic rings. The van der Waals surface area contributed by atoms with Crippen LogP contribution in [0.5, 0.6) is 0 Å². The maximum Gasteiger partial charge on any atom is 0.338 e. The summed E-state index contributed by atoms with van der Waals surface area (Å²) in [4.78, 5) is 35.7. The molecule has 0 unspecified atom stereocenters. The molecule has 0 radical (unpaired) electrons. The molecule has 0 bridgehead atoms. The molecule has 0 aliphatic carbocycles. The largest absolute Gasteiger partial charge is 0.449 e. The molecule has 2 aromatic carbocycles. The lowest BCUT2D eigenvalue weighted by molar-refractivity contribution is -0.123. The predicted octanol–water partition coefficient (Wildman–Crippen LogP) is 3.87. The Labute approximate surface area is 164 Å². The van der Waals surface area contributed by atoms with Crippen molar-refractivity contribution >= 4 is 29.3 Å². The lowest BCUT2D eigenvalue weighted by Gasteiger charge is -2.18. The highest BCUT2D eigenvalue weighted by atomic mass is 16.5. The second-order valence-electron chi connectivity index (χ2n) is 6.50. The van der Waals surface area contributed by atoms with E-state index in [1.165, 1.54) is 19.1 Å². The molecule has 0 saturated heterocycles. The van der Waals surface area contributed by atoms with E-state index < -0.39 is 24.0 Å². The minimum atomic E-state index is -0.995. The molecule has 0 spiro atoms. The molecule has 0 heterocycles. The van der Waals surface area contributed by atoms with Crippen molar-refractivity contribution in [3.63, 3.8) is 0 Å². The summed E-state index contributed by atoms with van der Waals surface area (Å²) in [5, 5.41) is 5.21. The summed E-state index contributed by atoms with van der Waals surface area (Å²) >= 11 is 0. The van der Waals surface area contributed by atoms with E-state index in [9.17, 15) is 14.4 Å². The summed E-state index contributed by atoms with van der Waals surface area (Å²) in [6.07, 6.45) is -0.0575. The average Bonchev–Trinajstić information content (AvgIpc) is 2.67. The fraction of sp³-hybridized carbons (Fsp3) is 0.286. The highest BCUT2D eigenvalue weighted by Gasteiger charge is 2.21. The van der Waals surface area contributed by atoms with Gasteiger partial charge >= 0.3 is 12.0 Å². The molecule has 0 aromatic heterocycles. The van der Waals surface area contributed by atoms with Crippen molar-refractivity contribution in [2.24, 2.45) is 5.73 Å². The summed E-state index contributed by atoms with van der Waals surface area (Å²) in [6.45, 7) is 5.67. The van der Waals surface area contributed by atoms with E-state index in [-0.39, 0.29) is 11.5 Å². The second kappa shape index (κ2) is 9.55. The normalized spacial score (nSPS) is 12.5. The molecule has 0 fully saturated rings. The quantitative estimate of drug-likeness (QED) is 0.630. The fourth-order valence-electron chi connectivity index (χ4n) is 2.64. The number of benzene rings is 2. The first-order valence-electron chi connectivity index (χ1n) is 9.09. The first-order chi connectivity index (χ1) is 13.3. The number of carbonyl (C=O) groups is 3. The fourth-order valence-corrected chi connectivity index (χ4v) is 2.64. The molecule has 0 saturated carbocycles. The highest BCUT2D eigenvalue weighted by molar-refractivity contribution is 5.98. The molecule has 2 rings (SSSR count). The van der Waals surface area contributed by atoms with Crippen LogP contribution in [-0.2, 0) is 9.53 Å². The number of primary amides is 1. The number of amides is 3. The summed E-state index contributed by atoms with van der Waals surface area (Å²) < 4.78 is 5.26. The highest BCUT2D eigenvalue weighted by Crippen LogP contribution is 2.26. The van der Waals surface area contributed by atoms with Crippen LogP contribution in [0.4, 0.5) is 16.2 Å².